The largest absolute Gasteiger partial charge is 0.492 e. The number of esters is 1. The summed E-state index contributed by atoms with van der Waals surface area (Å²) in [6.45, 7) is 8.82. The van der Waals surface area contributed by atoms with Crippen molar-refractivity contribution in [1.82, 2.24) is 10.6 Å². The van der Waals surface area contributed by atoms with Gasteiger partial charge < -0.3 is 30.0 Å². The summed E-state index contributed by atoms with van der Waals surface area (Å²) in [5.41, 5.74) is 4.39. The van der Waals surface area contributed by atoms with Crippen molar-refractivity contribution in [2.75, 3.05) is 20.3 Å². The van der Waals surface area contributed by atoms with Crippen LogP contribution in [-0.4, -0.2) is 60.3 Å². The first-order valence-electron chi connectivity index (χ1n) is 19.2. The Hall–Kier alpha value is -4.68. The number of aryl methyl sites for hydroxylation is 4. The molecule has 4 aromatic carbocycles. The normalized spacial score (nSPS) is 18.1. The fourth-order valence-electron chi connectivity index (χ4n) is 7.42. The first kappa shape index (κ1) is 43.4. The Morgan fingerprint density at radius 2 is 1.11 bits per heavy atom. The maximum atomic E-state index is 13.2. The third-order valence-electron chi connectivity index (χ3n) is 10.5. The van der Waals surface area contributed by atoms with Gasteiger partial charge in [0.1, 0.15) is 22.6 Å². The molecule has 2 atom stereocenters. The van der Waals surface area contributed by atoms with Gasteiger partial charge in [0.25, 0.3) is 11.8 Å². The summed E-state index contributed by atoms with van der Waals surface area (Å²) >= 11 is 6.95. The van der Waals surface area contributed by atoms with Gasteiger partial charge in [-0.2, -0.15) is 0 Å². The molecule has 3 N–H and O–H groups in total. The second kappa shape index (κ2) is 19.2. The average Bonchev–Trinajstić information content (AvgIpc) is 3.19. The zero-order valence-electron chi connectivity index (χ0n) is 33.1. The Labute approximate surface area is 351 Å². The standard InChI is InChI=1S/C23H26BrNO4.C22H24BrNO4/c1-4-12-29-20-15(2)6-5-7-19(20)21(26)25-23(22(27)28-3)11-10-16-13-18(24)9-8-17(16)14-23;1-3-11-28-19-14(2)5-4-6-18(19)20(25)24-22(21(26)27)10-9-15-12-17(23)8-7-16(15)13-22/h5-9,13H,4,10-12,14H2,1-3H3,(H,25,26);4-8,12H,3,9-11,13H2,1-2H3,(H,24,25)(H,26,27). The van der Waals surface area contributed by atoms with E-state index < -0.39 is 28.9 Å². The van der Waals surface area contributed by atoms with E-state index in [1.165, 1.54) is 12.7 Å². The molecule has 0 heterocycles. The summed E-state index contributed by atoms with van der Waals surface area (Å²) in [5, 5.41) is 15.8. The molecule has 302 valence electrons. The summed E-state index contributed by atoms with van der Waals surface area (Å²) in [5.74, 6) is -1.11. The Kier molecular flexibility index (Phi) is 14.6. The van der Waals surface area contributed by atoms with Crippen molar-refractivity contribution in [3.63, 3.8) is 0 Å². The van der Waals surface area contributed by atoms with E-state index >= 15 is 0 Å². The number of carboxylic acids is 1. The third kappa shape index (κ3) is 10.1. The number of carbonyl (C=O) groups is 4. The first-order valence-corrected chi connectivity index (χ1v) is 20.8. The lowest BCUT2D eigenvalue weighted by Gasteiger charge is -2.36. The molecule has 12 heteroatoms. The molecule has 0 aromatic heterocycles. The number of nitrogens with one attached hydrogen (secondary N) is 2. The van der Waals surface area contributed by atoms with Gasteiger partial charge >= 0.3 is 11.9 Å². The molecule has 10 nitrogen and oxygen atoms in total. The maximum absolute atomic E-state index is 13.2. The Balaban J connectivity index is 0.000000218. The van der Waals surface area contributed by atoms with Crippen LogP contribution in [0.5, 0.6) is 11.5 Å². The summed E-state index contributed by atoms with van der Waals surface area (Å²) in [4.78, 5) is 51.3. The summed E-state index contributed by atoms with van der Waals surface area (Å²) in [6.07, 6.45) is 4.40. The molecule has 0 bridgehead atoms. The van der Waals surface area contributed by atoms with Crippen LogP contribution >= 0.6 is 31.9 Å². The lowest BCUT2D eigenvalue weighted by atomic mass is 9.77. The number of fused-ring (bicyclic) bond motifs is 2. The molecular weight excluding hydrogens is 856 g/mol. The van der Waals surface area contributed by atoms with Crippen molar-refractivity contribution in [1.29, 1.82) is 0 Å². The maximum Gasteiger partial charge on any atom is 0.331 e. The molecule has 0 aliphatic heterocycles. The van der Waals surface area contributed by atoms with E-state index in [9.17, 15) is 24.3 Å². The number of halogens is 2. The number of para-hydroxylation sites is 2. The molecule has 2 amide bonds. The number of hydrogen-bond acceptors (Lipinski definition) is 7. The molecule has 2 aliphatic rings. The van der Waals surface area contributed by atoms with Crippen molar-refractivity contribution >= 4 is 55.6 Å². The van der Waals surface area contributed by atoms with E-state index in [0.717, 1.165) is 49.6 Å². The number of hydrogen-bond donors (Lipinski definition) is 3. The molecule has 6 rings (SSSR count). The number of benzene rings is 4. The number of carboxylic acid groups (broad SMARTS) is 1. The minimum Gasteiger partial charge on any atom is -0.492 e. The molecule has 0 fully saturated rings. The molecule has 0 spiro atoms. The molecular formula is C45H50Br2N2O8. The number of rotatable bonds is 12. The van der Waals surface area contributed by atoms with Crippen LogP contribution in [0.15, 0.2) is 81.7 Å². The van der Waals surface area contributed by atoms with E-state index in [4.69, 9.17) is 14.2 Å². The van der Waals surface area contributed by atoms with Gasteiger partial charge in [-0.3, -0.25) is 9.59 Å². The second-order valence-corrected chi connectivity index (χ2v) is 16.5. The van der Waals surface area contributed by atoms with Crippen LogP contribution in [0.25, 0.3) is 0 Å². The molecule has 0 saturated heterocycles. The van der Waals surface area contributed by atoms with E-state index in [1.807, 2.05) is 76.2 Å². The van der Waals surface area contributed by atoms with Gasteiger partial charge in [0.15, 0.2) is 0 Å². The van der Waals surface area contributed by atoms with Gasteiger partial charge in [-0.25, -0.2) is 9.59 Å². The minimum atomic E-state index is -1.33. The molecule has 57 heavy (non-hydrogen) atoms. The number of ether oxygens (including phenoxy) is 3. The van der Waals surface area contributed by atoms with Crippen LogP contribution in [-0.2, 0) is 40.0 Å². The average molecular weight is 907 g/mol. The fourth-order valence-corrected chi connectivity index (χ4v) is 8.23. The van der Waals surface area contributed by atoms with Crippen molar-refractivity contribution < 1.29 is 38.5 Å². The third-order valence-corrected chi connectivity index (χ3v) is 11.5. The lowest BCUT2D eigenvalue weighted by Crippen LogP contribution is -2.58. The monoisotopic (exact) mass is 904 g/mol. The van der Waals surface area contributed by atoms with Crippen molar-refractivity contribution in [3.8, 4) is 11.5 Å². The van der Waals surface area contributed by atoms with Gasteiger partial charge in [0.05, 0.1) is 31.5 Å². The number of aliphatic carboxylic acids is 1. The zero-order chi connectivity index (χ0) is 41.3. The summed E-state index contributed by atoms with van der Waals surface area (Å²) in [6, 6.07) is 22.6. The van der Waals surface area contributed by atoms with Gasteiger partial charge in [-0.15, -0.1) is 0 Å². The highest BCUT2D eigenvalue weighted by Crippen LogP contribution is 2.35. The Bertz CT molecular complexity index is 2140. The quantitative estimate of drug-likeness (QED) is 0.120. The van der Waals surface area contributed by atoms with Crippen molar-refractivity contribution in [2.45, 2.75) is 90.1 Å². The topological polar surface area (TPSA) is 140 Å². The van der Waals surface area contributed by atoms with Crippen LogP contribution < -0.4 is 20.1 Å². The van der Waals surface area contributed by atoms with Gasteiger partial charge in [0, 0.05) is 21.8 Å². The van der Waals surface area contributed by atoms with Crippen LogP contribution in [0.3, 0.4) is 0 Å². The van der Waals surface area contributed by atoms with E-state index in [0.29, 0.717) is 67.9 Å². The number of methoxy groups -OCH3 is 1. The van der Waals surface area contributed by atoms with Gasteiger partial charge in [0.2, 0.25) is 0 Å². The smallest absolute Gasteiger partial charge is 0.331 e. The molecule has 2 unspecified atom stereocenters. The molecule has 0 radical (unpaired) electrons. The predicted molar refractivity (Wildman–Crippen MR) is 226 cm³/mol. The predicted octanol–water partition coefficient (Wildman–Crippen LogP) is 8.67. The molecule has 2 aliphatic carbocycles. The Morgan fingerprint density at radius 1 is 0.667 bits per heavy atom. The fraction of sp³-hybridized carbons (Fsp3) is 0.378. The van der Waals surface area contributed by atoms with Crippen LogP contribution in [0.1, 0.15) is 93.6 Å². The second-order valence-electron chi connectivity index (χ2n) is 14.6. The van der Waals surface area contributed by atoms with E-state index in [2.05, 4.69) is 48.6 Å². The van der Waals surface area contributed by atoms with E-state index in [1.54, 1.807) is 18.2 Å². The number of carbonyl (C=O) groups excluding carboxylic acids is 3. The van der Waals surface area contributed by atoms with Crippen LogP contribution in [0.2, 0.25) is 0 Å². The highest BCUT2D eigenvalue weighted by atomic mass is 79.9. The Morgan fingerprint density at radius 3 is 1.54 bits per heavy atom. The van der Waals surface area contributed by atoms with Crippen molar-refractivity contribution in [2.24, 2.45) is 0 Å². The van der Waals surface area contributed by atoms with E-state index in [-0.39, 0.29) is 12.3 Å². The summed E-state index contributed by atoms with van der Waals surface area (Å²) in [7, 11) is 1.36. The van der Waals surface area contributed by atoms with Gasteiger partial charge in [-0.1, -0.05) is 82.1 Å². The molecule has 0 saturated carbocycles. The van der Waals surface area contributed by atoms with Gasteiger partial charge in [-0.05, 0) is 122 Å². The molecule has 4 aromatic rings. The van der Waals surface area contributed by atoms with Crippen LogP contribution in [0.4, 0.5) is 0 Å². The first-order chi connectivity index (χ1) is 27.3. The summed E-state index contributed by atoms with van der Waals surface area (Å²) < 4.78 is 18.7. The zero-order valence-corrected chi connectivity index (χ0v) is 36.2. The highest BCUT2D eigenvalue weighted by molar-refractivity contribution is 9.10. The SMILES string of the molecule is CCCOc1c(C)cccc1C(=O)NC1(C(=O)O)CCc2cc(Br)ccc2C1.CCCOc1c(C)cccc1C(=O)NC1(C(=O)OC)CCc2cc(Br)ccc2C1. The lowest BCUT2D eigenvalue weighted by molar-refractivity contribution is -0.149. The van der Waals surface area contributed by atoms with Crippen LogP contribution in [0, 0.1) is 13.8 Å². The number of amides is 2. The van der Waals surface area contributed by atoms with Crippen molar-refractivity contribution in [3.05, 3.63) is 126 Å². The minimum absolute atomic E-state index is 0.258. The highest BCUT2D eigenvalue weighted by Gasteiger charge is 2.45.